The van der Waals surface area contributed by atoms with Crippen LogP contribution in [0.3, 0.4) is 0 Å². The van der Waals surface area contributed by atoms with E-state index in [1.165, 1.54) is 16.2 Å². The summed E-state index contributed by atoms with van der Waals surface area (Å²) in [7, 11) is 0. The van der Waals surface area contributed by atoms with Gasteiger partial charge in [-0.3, -0.25) is 4.79 Å². The average Bonchev–Trinajstić information content (AvgIpc) is 2.90. The maximum absolute atomic E-state index is 12.2. The molecule has 5 nitrogen and oxygen atoms in total. The number of anilines is 1. The smallest absolute Gasteiger partial charge is 0.225 e. The van der Waals surface area contributed by atoms with Crippen molar-refractivity contribution in [2.75, 3.05) is 5.73 Å². The maximum atomic E-state index is 12.2. The summed E-state index contributed by atoms with van der Waals surface area (Å²) in [6.07, 6.45) is 1.14. The summed E-state index contributed by atoms with van der Waals surface area (Å²) in [5.41, 5.74) is 7.53. The number of rotatable bonds is 5. The zero-order valence-corrected chi connectivity index (χ0v) is 14.3. The lowest BCUT2D eigenvalue weighted by atomic mass is 10.2. The third kappa shape index (κ3) is 3.79. The van der Waals surface area contributed by atoms with E-state index in [9.17, 15) is 4.79 Å². The molecule has 0 aliphatic heterocycles. The first-order valence-electron chi connectivity index (χ1n) is 6.85. The van der Waals surface area contributed by atoms with Crippen LogP contribution < -0.4 is 11.1 Å². The van der Waals surface area contributed by atoms with E-state index < -0.39 is 0 Å². The standard InChI is InChI=1S/C14H20N4OS2/c1-5-10(13-16-7(2)9(4)20-13)18-12(19)6-11-8(3)17-14(15)21-11/h10H,5-6H2,1-4H3,(H2,15,17)(H,18,19)/t10-/m1/s1. The minimum atomic E-state index is -0.0273. The predicted octanol–water partition coefficient (Wildman–Crippen LogP) is 2.92. The maximum Gasteiger partial charge on any atom is 0.225 e. The second kappa shape index (κ2) is 6.53. The summed E-state index contributed by atoms with van der Waals surface area (Å²) in [5, 5.41) is 4.54. The summed E-state index contributed by atoms with van der Waals surface area (Å²) in [4.78, 5) is 23.0. The lowest BCUT2D eigenvalue weighted by molar-refractivity contribution is -0.121. The number of aryl methyl sites for hydroxylation is 3. The molecule has 0 radical (unpaired) electrons. The van der Waals surface area contributed by atoms with Crippen molar-refractivity contribution < 1.29 is 4.79 Å². The highest BCUT2D eigenvalue weighted by Crippen LogP contribution is 2.25. The summed E-state index contributed by atoms with van der Waals surface area (Å²) in [6.45, 7) is 7.97. The van der Waals surface area contributed by atoms with Gasteiger partial charge in [0.1, 0.15) is 5.01 Å². The number of thiazole rings is 2. The van der Waals surface area contributed by atoms with Gasteiger partial charge >= 0.3 is 0 Å². The molecule has 2 rings (SSSR count). The summed E-state index contributed by atoms with van der Waals surface area (Å²) >= 11 is 3.02. The molecule has 1 amide bonds. The first-order valence-corrected chi connectivity index (χ1v) is 8.49. The molecule has 0 fully saturated rings. The van der Waals surface area contributed by atoms with Gasteiger partial charge in [-0.2, -0.15) is 0 Å². The molecule has 2 aromatic rings. The van der Waals surface area contributed by atoms with Crippen LogP contribution in [0.4, 0.5) is 5.13 Å². The number of aromatic nitrogens is 2. The molecule has 7 heteroatoms. The van der Waals surface area contributed by atoms with E-state index in [2.05, 4.69) is 22.2 Å². The number of nitrogens with one attached hydrogen (secondary N) is 1. The number of amides is 1. The van der Waals surface area contributed by atoms with E-state index >= 15 is 0 Å². The second-order valence-corrected chi connectivity index (χ2v) is 7.31. The highest BCUT2D eigenvalue weighted by molar-refractivity contribution is 7.15. The van der Waals surface area contributed by atoms with E-state index in [0.717, 1.165) is 27.7 Å². The van der Waals surface area contributed by atoms with Gasteiger partial charge in [-0.05, 0) is 27.2 Å². The van der Waals surface area contributed by atoms with Crippen LogP contribution in [0.15, 0.2) is 0 Å². The lowest BCUT2D eigenvalue weighted by Gasteiger charge is -2.14. The van der Waals surface area contributed by atoms with Crippen molar-refractivity contribution in [3.8, 4) is 0 Å². The molecule has 0 saturated carbocycles. The van der Waals surface area contributed by atoms with E-state index in [1.54, 1.807) is 11.3 Å². The molecule has 0 bridgehead atoms. The Balaban J connectivity index is 2.04. The number of carbonyl (C=O) groups excluding carboxylic acids is 1. The highest BCUT2D eigenvalue weighted by Gasteiger charge is 2.18. The van der Waals surface area contributed by atoms with Gasteiger partial charge in [-0.15, -0.1) is 22.7 Å². The highest BCUT2D eigenvalue weighted by atomic mass is 32.1. The topological polar surface area (TPSA) is 80.9 Å². The van der Waals surface area contributed by atoms with Gasteiger partial charge in [0, 0.05) is 9.75 Å². The summed E-state index contributed by atoms with van der Waals surface area (Å²) in [5.74, 6) is -0.0147. The zero-order chi connectivity index (χ0) is 15.6. The van der Waals surface area contributed by atoms with E-state index in [1.807, 2.05) is 20.8 Å². The van der Waals surface area contributed by atoms with Crippen LogP contribution in [0, 0.1) is 20.8 Å². The Kier molecular flexibility index (Phi) is 4.95. The van der Waals surface area contributed by atoms with Gasteiger partial charge in [0.15, 0.2) is 5.13 Å². The van der Waals surface area contributed by atoms with Crippen LogP contribution in [0.25, 0.3) is 0 Å². The van der Waals surface area contributed by atoms with Gasteiger partial charge in [0.25, 0.3) is 0 Å². The Hall–Kier alpha value is -1.47. The average molecular weight is 324 g/mol. The molecule has 3 N–H and O–H groups in total. The molecular weight excluding hydrogens is 304 g/mol. The molecular formula is C14H20N4OS2. The number of hydrogen-bond donors (Lipinski definition) is 2. The number of nitrogen functional groups attached to an aromatic ring is 1. The van der Waals surface area contributed by atoms with Crippen LogP contribution in [0.1, 0.15) is 45.5 Å². The summed E-state index contributed by atoms with van der Waals surface area (Å²) < 4.78 is 0. The minimum absolute atomic E-state index is 0.0147. The van der Waals surface area contributed by atoms with Crippen molar-refractivity contribution in [1.29, 1.82) is 0 Å². The van der Waals surface area contributed by atoms with Gasteiger partial charge < -0.3 is 11.1 Å². The first kappa shape index (κ1) is 15.9. The third-order valence-corrected chi connectivity index (χ3v) is 5.49. The number of hydrogen-bond acceptors (Lipinski definition) is 6. The van der Waals surface area contributed by atoms with Gasteiger partial charge in [0.2, 0.25) is 5.91 Å². The molecule has 0 unspecified atom stereocenters. The van der Waals surface area contributed by atoms with Gasteiger partial charge in [-0.1, -0.05) is 6.92 Å². The molecule has 0 spiro atoms. The van der Waals surface area contributed by atoms with Crippen LogP contribution in [-0.4, -0.2) is 15.9 Å². The number of carbonyl (C=O) groups is 1. The molecule has 0 saturated heterocycles. The van der Waals surface area contributed by atoms with Crippen molar-refractivity contribution in [1.82, 2.24) is 15.3 Å². The lowest BCUT2D eigenvalue weighted by Crippen LogP contribution is -2.29. The Morgan fingerprint density at radius 1 is 1.24 bits per heavy atom. The minimum Gasteiger partial charge on any atom is -0.375 e. The van der Waals surface area contributed by atoms with Gasteiger partial charge in [0.05, 0.1) is 23.9 Å². The zero-order valence-electron chi connectivity index (χ0n) is 12.7. The fraction of sp³-hybridized carbons (Fsp3) is 0.500. The molecule has 0 aromatic carbocycles. The Morgan fingerprint density at radius 3 is 2.43 bits per heavy atom. The van der Waals surface area contributed by atoms with Crippen LogP contribution in [-0.2, 0) is 11.2 Å². The Bertz CT molecular complexity index is 628. The third-order valence-electron chi connectivity index (χ3n) is 3.32. The predicted molar refractivity (Wildman–Crippen MR) is 87.7 cm³/mol. The van der Waals surface area contributed by atoms with Gasteiger partial charge in [-0.25, -0.2) is 9.97 Å². The fourth-order valence-corrected chi connectivity index (χ4v) is 3.88. The fourth-order valence-electron chi connectivity index (χ4n) is 1.99. The molecule has 0 aliphatic carbocycles. The van der Waals surface area contributed by atoms with Crippen LogP contribution in [0.5, 0.6) is 0 Å². The second-order valence-electron chi connectivity index (χ2n) is 4.96. The van der Waals surface area contributed by atoms with E-state index in [4.69, 9.17) is 5.73 Å². The number of nitrogens with zero attached hydrogens (tertiary/aromatic N) is 2. The van der Waals surface area contributed by atoms with Crippen LogP contribution >= 0.6 is 22.7 Å². The Morgan fingerprint density at radius 2 is 1.95 bits per heavy atom. The van der Waals surface area contributed by atoms with Crippen molar-refractivity contribution in [2.45, 2.75) is 46.6 Å². The SMILES string of the molecule is CC[C@@H](NC(=O)Cc1sc(N)nc1C)c1nc(C)c(C)s1. The molecule has 2 heterocycles. The normalized spacial score (nSPS) is 12.4. The molecule has 114 valence electrons. The van der Waals surface area contributed by atoms with E-state index in [0.29, 0.717) is 11.6 Å². The summed E-state index contributed by atoms with van der Waals surface area (Å²) in [6, 6.07) is -0.0273. The van der Waals surface area contributed by atoms with Crippen molar-refractivity contribution in [3.05, 3.63) is 26.1 Å². The monoisotopic (exact) mass is 324 g/mol. The van der Waals surface area contributed by atoms with Crippen molar-refractivity contribution in [2.24, 2.45) is 0 Å². The molecule has 21 heavy (non-hydrogen) atoms. The largest absolute Gasteiger partial charge is 0.375 e. The molecule has 0 aliphatic rings. The number of nitrogens with two attached hydrogens (primary N) is 1. The van der Waals surface area contributed by atoms with Crippen LogP contribution in [0.2, 0.25) is 0 Å². The van der Waals surface area contributed by atoms with Crippen molar-refractivity contribution >= 4 is 33.7 Å². The molecule has 2 aromatic heterocycles. The van der Waals surface area contributed by atoms with Crippen molar-refractivity contribution in [3.63, 3.8) is 0 Å². The first-order chi connectivity index (χ1) is 9.90. The Labute approximate surface area is 132 Å². The molecule has 1 atom stereocenters. The van der Waals surface area contributed by atoms with E-state index in [-0.39, 0.29) is 11.9 Å². The quantitative estimate of drug-likeness (QED) is 0.886.